The maximum absolute atomic E-state index is 12.0. The summed E-state index contributed by atoms with van der Waals surface area (Å²) in [7, 11) is 0. The van der Waals surface area contributed by atoms with E-state index in [1.807, 2.05) is 6.92 Å². The molecule has 5 heteroatoms. The highest BCUT2D eigenvalue weighted by molar-refractivity contribution is 9.10. The minimum absolute atomic E-state index is 0.0149. The Hall–Kier alpha value is -0.940. The lowest BCUT2D eigenvalue weighted by Crippen LogP contribution is -2.41. The quantitative estimate of drug-likeness (QED) is 0.821. The predicted octanol–water partition coefficient (Wildman–Crippen LogP) is 2.64. The summed E-state index contributed by atoms with van der Waals surface area (Å²) in [5.74, 6) is 0.206. The van der Waals surface area contributed by atoms with Gasteiger partial charge in [0.05, 0.1) is 18.2 Å². The van der Waals surface area contributed by atoms with Crippen LogP contribution < -0.4 is 5.32 Å². The van der Waals surface area contributed by atoms with E-state index in [0.717, 1.165) is 0 Å². The Labute approximate surface area is 116 Å². The number of rotatable bonds is 6. The summed E-state index contributed by atoms with van der Waals surface area (Å²) >= 11 is 3.24. The second kappa shape index (κ2) is 7.48. The molecule has 0 bridgehead atoms. The molecule has 1 N–H and O–H groups in total. The van der Waals surface area contributed by atoms with Crippen LogP contribution in [0.4, 0.5) is 0 Å². The van der Waals surface area contributed by atoms with Gasteiger partial charge in [0, 0.05) is 12.8 Å². The van der Waals surface area contributed by atoms with Gasteiger partial charge >= 0.3 is 0 Å². The van der Waals surface area contributed by atoms with Crippen LogP contribution in [0.15, 0.2) is 22.9 Å². The monoisotopic (exact) mass is 314 g/mol. The molecule has 0 spiro atoms. The van der Waals surface area contributed by atoms with Crippen LogP contribution in [0.2, 0.25) is 0 Å². The molecule has 0 saturated carbocycles. The molecule has 4 nitrogen and oxygen atoms in total. The van der Waals surface area contributed by atoms with E-state index in [2.05, 4.69) is 40.1 Å². The number of nitrogens with one attached hydrogen (secondary N) is 1. The van der Waals surface area contributed by atoms with Gasteiger partial charge in [-0.15, -0.1) is 0 Å². The molecule has 1 amide bonds. The van der Waals surface area contributed by atoms with Gasteiger partial charge in [-0.1, -0.05) is 13.8 Å². The third-order valence-electron chi connectivity index (χ3n) is 2.61. The minimum atomic E-state index is -0.117. The first-order valence-electron chi connectivity index (χ1n) is 6.04. The summed E-state index contributed by atoms with van der Waals surface area (Å²) in [6, 6.07) is 3.51. The normalized spacial score (nSPS) is 12.5. The largest absolute Gasteiger partial charge is 0.380 e. The molecule has 0 radical (unpaired) electrons. The SMILES string of the molecule is CCOCC(NC(=O)c1ccc(Br)nc1)C(C)C. The van der Waals surface area contributed by atoms with Gasteiger partial charge in [-0.2, -0.15) is 0 Å². The van der Waals surface area contributed by atoms with Crippen LogP contribution in [0.1, 0.15) is 31.1 Å². The van der Waals surface area contributed by atoms with E-state index < -0.39 is 0 Å². The second-order valence-corrected chi connectivity index (χ2v) is 5.17. The highest BCUT2D eigenvalue weighted by Gasteiger charge is 2.17. The molecule has 1 rings (SSSR count). The van der Waals surface area contributed by atoms with Gasteiger partial charge < -0.3 is 10.1 Å². The number of hydrogen-bond acceptors (Lipinski definition) is 3. The van der Waals surface area contributed by atoms with Crippen molar-refractivity contribution in [3.05, 3.63) is 28.5 Å². The second-order valence-electron chi connectivity index (χ2n) is 4.35. The fourth-order valence-electron chi connectivity index (χ4n) is 1.41. The molecule has 0 aliphatic carbocycles. The van der Waals surface area contributed by atoms with E-state index in [1.54, 1.807) is 18.3 Å². The molecule has 1 atom stereocenters. The Morgan fingerprint density at radius 2 is 2.22 bits per heavy atom. The molecule has 100 valence electrons. The number of halogens is 1. The van der Waals surface area contributed by atoms with E-state index in [4.69, 9.17) is 4.74 Å². The first-order valence-corrected chi connectivity index (χ1v) is 6.84. The summed E-state index contributed by atoms with van der Waals surface area (Å²) < 4.78 is 6.09. The number of carbonyl (C=O) groups is 1. The van der Waals surface area contributed by atoms with Gasteiger partial charge in [-0.25, -0.2) is 4.98 Å². The smallest absolute Gasteiger partial charge is 0.253 e. The van der Waals surface area contributed by atoms with E-state index in [9.17, 15) is 4.79 Å². The molecule has 1 heterocycles. The van der Waals surface area contributed by atoms with E-state index in [1.165, 1.54) is 0 Å². The zero-order valence-electron chi connectivity index (χ0n) is 10.9. The average molecular weight is 315 g/mol. The number of amides is 1. The zero-order chi connectivity index (χ0) is 13.5. The molecule has 0 fully saturated rings. The molecule has 0 aliphatic rings. The van der Waals surface area contributed by atoms with Gasteiger partial charge in [-0.3, -0.25) is 4.79 Å². The molecule has 0 aromatic carbocycles. The van der Waals surface area contributed by atoms with Gasteiger partial charge in [0.2, 0.25) is 0 Å². The van der Waals surface area contributed by atoms with Crippen molar-refractivity contribution in [1.82, 2.24) is 10.3 Å². The Morgan fingerprint density at radius 3 is 2.72 bits per heavy atom. The van der Waals surface area contributed by atoms with E-state index in [-0.39, 0.29) is 11.9 Å². The third-order valence-corrected chi connectivity index (χ3v) is 3.08. The van der Waals surface area contributed by atoms with Crippen molar-refractivity contribution >= 4 is 21.8 Å². The number of nitrogens with zero attached hydrogens (tertiary/aromatic N) is 1. The van der Waals surface area contributed by atoms with Crippen molar-refractivity contribution in [1.29, 1.82) is 0 Å². The number of hydrogen-bond donors (Lipinski definition) is 1. The van der Waals surface area contributed by atoms with Gasteiger partial charge in [0.25, 0.3) is 5.91 Å². The summed E-state index contributed by atoms with van der Waals surface area (Å²) in [5, 5.41) is 2.97. The van der Waals surface area contributed by atoms with Crippen molar-refractivity contribution in [2.45, 2.75) is 26.8 Å². The van der Waals surface area contributed by atoms with Crippen LogP contribution in [0.5, 0.6) is 0 Å². The summed E-state index contributed by atoms with van der Waals surface area (Å²) in [6.45, 7) is 7.24. The Kier molecular flexibility index (Phi) is 6.29. The summed E-state index contributed by atoms with van der Waals surface area (Å²) in [4.78, 5) is 16.1. The predicted molar refractivity (Wildman–Crippen MR) is 74.5 cm³/mol. The lowest BCUT2D eigenvalue weighted by molar-refractivity contribution is 0.0806. The maximum Gasteiger partial charge on any atom is 0.253 e. The van der Waals surface area contributed by atoms with Crippen molar-refractivity contribution in [2.75, 3.05) is 13.2 Å². The first kappa shape index (κ1) is 15.1. The van der Waals surface area contributed by atoms with Crippen molar-refractivity contribution in [3.63, 3.8) is 0 Å². The fraction of sp³-hybridized carbons (Fsp3) is 0.538. The standard InChI is InChI=1S/C13H19BrN2O2/c1-4-18-8-11(9(2)3)16-13(17)10-5-6-12(14)15-7-10/h5-7,9,11H,4,8H2,1-3H3,(H,16,17). The van der Waals surface area contributed by atoms with Crippen LogP contribution in [-0.2, 0) is 4.74 Å². The number of carbonyl (C=O) groups excluding carboxylic acids is 1. The number of aromatic nitrogens is 1. The van der Waals surface area contributed by atoms with E-state index >= 15 is 0 Å². The number of ether oxygens (including phenoxy) is 1. The Morgan fingerprint density at radius 1 is 1.50 bits per heavy atom. The molecule has 1 aromatic heterocycles. The summed E-state index contributed by atoms with van der Waals surface area (Å²) in [6.07, 6.45) is 1.55. The van der Waals surface area contributed by atoms with Crippen LogP contribution >= 0.6 is 15.9 Å². The third kappa shape index (κ3) is 4.74. The topological polar surface area (TPSA) is 51.2 Å². The molecule has 0 aliphatic heterocycles. The molecular weight excluding hydrogens is 296 g/mol. The molecule has 0 saturated heterocycles. The average Bonchev–Trinajstić information content (AvgIpc) is 2.34. The maximum atomic E-state index is 12.0. The first-order chi connectivity index (χ1) is 8.54. The molecule has 1 aromatic rings. The van der Waals surface area contributed by atoms with Gasteiger partial charge in [0.15, 0.2) is 0 Å². The fourth-order valence-corrected chi connectivity index (χ4v) is 1.64. The van der Waals surface area contributed by atoms with Crippen LogP contribution in [0.25, 0.3) is 0 Å². The molecule has 18 heavy (non-hydrogen) atoms. The van der Waals surface area contributed by atoms with Gasteiger partial charge in [-0.05, 0) is 40.9 Å². The summed E-state index contributed by atoms with van der Waals surface area (Å²) in [5.41, 5.74) is 0.556. The Bertz CT molecular complexity index is 379. The van der Waals surface area contributed by atoms with Crippen LogP contribution in [0.3, 0.4) is 0 Å². The van der Waals surface area contributed by atoms with Crippen molar-refractivity contribution < 1.29 is 9.53 Å². The molecular formula is C13H19BrN2O2. The number of pyridine rings is 1. The van der Waals surface area contributed by atoms with E-state index in [0.29, 0.717) is 29.3 Å². The van der Waals surface area contributed by atoms with Gasteiger partial charge in [0.1, 0.15) is 4.60 Å². The lowest BCUT2D eigenvalue weighted by atomic mass is 10.0. The lowest BCUT2D eigenvalue weighted by Gasteiger charge is -2.22. The minimum Gasteiger partial charge on any atom is -0.380 e. The highest BCUT2D eigenvalue weighted by atomic mass is 79.9. The Balaban J connectivity index is 2.63. The van der Waals surface area contributed by atoms with Crippen LogP contribution in [0, 0.1) is 5.92 Å². The van der Waals surface area contributed by atoms with Crippen molar-refractivity contribution in [3.8, 4) is 0 Å². The zero-order valence-corrected chi connectivity index (χ0v) is 12.5. The molecule has 1 unspecified atom stereocenters. The van der Waals surface area contributed by atoms with Crippen molar-refractivity contribution in [2.24, 2.45) is 5.92 Å². The highest BCUT2D eigenvalue weighted by Crippen LogP contribution is 2.08. The van der Waals surface area contributed by atoms with Crippen LogP contribution in [-0.4, -0.2) is 30.1 Å².